The van der Waals surface area contributed by atoms with Crippen LogP contribution in [0.4, 0.5) is 5.82 Å². The fraction of sp³-hybridized carbons (Fsp3) is 0. The first kappa shape index (κ1) is 11.2. The summed E-state index contributed by atoms with van der Waals surface area (Å²) in [6.45, 7) is 0. The molecule has 0 spiro atoms. The maximum Gasteiger partial charge on any atom is 0.146 e. The number of nitrogen functional groups attached to an aromatic ring is 1. The fourth-order valence-electron chi connectivity index (χ4n) is 1.14. The van der Waals surface area contributed by atoms with E-state index < -0.39 is 0 Å². The third kappa shape index (κ3) is 2.65. The van der Waals surface area contributed by atoms with E-state index in [2.05, 4.69) is 20.9 Å². The van der Waals surface area contributed by atoms with Crippen molar-refractivity contribution in [1.82, 2.24) is 4.98 Å². The van der Waals surface area contributed by atoms with Gasteiger partial charge < -0.3 is 10.5 Å². The average Bonchev–Trinajstić information content (AvgIpc) is 2.25. The summed E-state index contributed by atoms with van der Waals surface area (Å²) in [5.41, 5.74) is 5.47. The number of rotatable bonds is 2. The average molecular weight is 300 g/mol. The van der Waals surface area contributed by atoms with Crippen LogP contribution < -0.4 is 10.5 Å². The number of nitrogens with two attached hydrogens (primary N) is 1. The van der Waals surface area contributed by atoms with Crippen molar-refractivity contribution in [3.8, 4) is 11.5 Å². The Morgan fingerprint density at radius 2 is 2.06 bits per heavy atom. The molecule has 2 N–H and O–H groups in total. The van der Waals surface area contributed by atoms with Crippen molar-refractivity contribution in [2.45, 2.75) is 0 Å². The minimum Gasteiger partial charge on any atom is -0.454 e. The largest absolute Gasteiger partial charge is 0.454 e. The smallest absolute Gasteiger partial charge is 0.146 e. The minimum absolute atomic E-state index is 0.453. The number of anilines is 1. The highest BCUT2D eigenvalue weighted by Crippen LogP contribution is 2.31. The SMILES string of the molecule is Nc1ccc(Oc2ccc(Br)cc2Cl)cn1. The number of pyridine rings is 1. The molecule has 5 heteroatoms. The molecule has 0 atom stereocenters. The summed E-state index contributed by atoms with van der Waals surface area (Å²) < 4.78 is 6.45. The zero-order chi connectivity index (χ0) is 11.5. The quantitative estimate of drug-likeness (QED) is 0.915. The first-order chi connectivity index (χ1) is 7.65. The number of aromatic nitrogens is 1. The Hall–Kier alpha value is -1.26. The molecule has 2 rings (SSSR count). The summed E-state index contributed by atoms with van der Waals surface area (Å²) in [4.78, 5) is 3.92. The van der Waals surface area contributed by atoms with Gasteiger partial charge in [0.05, 0.1) is 11.2 Å². The molecule has 0 aliphatic carbocycles. The van der Waals surface area contributed by atoms with E-state index in [9.17, 15) is 0 Å². The summed E-state index contributed by atoms with van der Waals surface area (Å²) in [5.74, 6) is 1.63. The van der Waals surface area contributed by atoms with Crippen LogP contribution in [0.25, 0.3) is 0 Å². The Balaban J connectivity index is 2.23. The molecule has 0 radical (unpaired) electrons. The highest BCUT2D eigenvalue weighted by Gasteiger charge is 2.03. The van der Waals surface area contributed by atoms with Crippen LogP contribution in [-0.2, 0) is 0 Å². The maximum absolute atomic E-state index is 6.01. The Labute approximate surface area is 106 Å². The lowest BCUT2D eigenvalue weighted by Gasteiger charge is -2.07. The second-order valence-corrected chi connectivity index (χ2v) is 4.42. The molecule has 0 fully saturated rings. The van der Waals surface area contributed by atoms with Crippen molar-refractivity contribution in [1.29, 1.82) is 0 Å². The number of hydrogen-bond acceptors (Lipinski definition) is 3. The summed E-state index contributed by atoms with van der Waals surface area (Å²) in [6.07, 6.45) is 1.55. The number of hydrogen-bond donors (Lipinski definition) is 1. The minimum atomic E-state index is 0.453. The first-order valence-corrected chi connectivity index (χ1v) is 5.67. The zero-order valence-corrected chi connectivity index (χ0v) is 10.5. The Morgan fingerprint density at radius 1 is 1.25 bits per heavy atom. The Kier molecular flexibility index (Phi) is 3.31. The van der Waals surface area contributed by atoms with Crippen LogP contribution in [0, 0.1) is 0 Å². The molecule has 0 bridgehead atoms. The third-order valence-electron chi connectivity index (χ3n) is 1.88. The molecule has 0 unspecified atom stereocenters. The molecule has 1 aromatic carbocycles. The van der Waals surface area contributed by atoms with E-state index in [1.807, 2.05) is 6.07 Å². The van der Waals surface area contributed by atoms with E-state index in [1.165, 1.54) is 0 Å². The van der Waals surface area contributed by atoms with Crippen molar-refractivity contribution >= 4 is 33.3 Å². The van der Waals surface area contributed by atoms with Gasteiger partial charge in [0.2, 0.25) is 0 Å². The molecular weight excluding hydrogens is 291 g/mol. The highest BCUT2D eigenvalue weighted by atomic mass is 79.9. The Bertz CT molecular complexity index is 502. The monoisotopic (exact) mass is 298 g/mol. The zero-order valence-electron chi connectivity index (χ0n) is 8.15. The van der Waals surface area contributed by atoms with Gasteiger partial charge in [-0.05, 0) is 30.3 Å². The van der Waals surface area contributed by atoms with Gasteiger partial charge in [0, 0.05) is 4.47 Å². The van der Waals surface area contributed by atoms with Gasteiger partial charge in [-0.1, -0.05) is 27.5 Å². The normalized spacial score (nSPS) is 10.1. The van der Waals surface area contributed by atoms with Crippen molar-refractivity contribution < 1.29 is 4.74 Å². The van der Waals surface area contributed by atoms with Crippen LogP contribution in [0.2, 0.25) is 5.02 Å². The van der Waals surface area contributed by atoms with E-state index in [4.69, 9.17) is 22.1 Å². The van der Waals surface area contributed by atoms with Gasteiger partial charge in [0.1, 0.15) is 17.3 Å². The number of ether oxygens (including phenoxy) is 1. The van der Waals surface area contributed by atoms with Crippen molar-refractivity contribution in [2.24, 2.45) is 0 Å². The summed E-state index contributed by atoms with van der Waals surface area (Å²) in [7, 11) is 0. The highest BCUT2D eigenvalue weighted by molar-refractivity contribution is 9.10. The van der Waals surface area contributed by atoms with Crippen molar-refractivity contribution in [3.63, 3.8) is 0 Å². The van der Waals surface area contributed by atoms with Gasteiger partial charge >= 0.3 is 0 Å². The molecule has 3 nitrogen and oxygen atoms in total. The van der Waals surface area contributed by atoms with Crippen LogP contribution in [0.1, 0.15) is 0 Å². The number of benzene rings is 1. The fourth-order valence-corrected chi connectivity index (χ4v) is 1.85. The van der Waals surface area contributed by atoms with Crippen molar-refractivity contribution in [3.05, 3.63) is 46.0 Å². The van der Waals surface area contributed by atoms with Gasteiger partial charge in [-0.2, -0.15) is 0 Å². The van der Waals surface area contributed by atoms with Gasteiger partial charge in [-0.3, -0.25) is 0 Å². The van der Waals surface area contributed by atoms with E-state index in [0.29, 0.717) is 22.3 Å². The lowest BCUT2D eigenvalue weighted by molar-refractivity contribution is 0.480. The van der Waals surface area contributed by atoms with Crippen LogP contribution in [-0.4, -0.2) is 4.98 Å². The number of halogens is 2. The van der Waals surface area contributed by atoms with Gasteiger partial charge in [0.25, 0.3) is 0 Å². The van der Waals surface area contributed by atoms with Gasteiger partial charge in [0.15, 0.2) is 0 Å². The molecule has 0 saturated heterocycles. The molecule has 82 valence electrons. The standard InChI is InChI=1S/C11H8BrClN2O/c12-7-1-3-10(9(13)5-7)16-8-2-4-11(14)15-6-8/h1-6H,(H2,14,15). The first-order valence-electron chi connectivity index (χ1n) is 4.49. The van der Waals surface area contributed by atoms with Crippen molar-refractivity contribution in [2.75, 3.05) is 5.73 Å². The molecule has 0 aliphatic heterocycles. The lowest BCUT2D eigenvalue weighted by Crippen LogP contribution is -1.90. The summed E-state index contributed by atoms with van der Waals surface area (Å²) in [5, 5.41) is 0.534. The summed E-state index contributed by atoms with van der Waals surface area (Å²) >= 11 is 9.33. The Morgan fingerprint density at radius 3 is 2.69 bits per heavy atom. The molecule has 0 saturated carbocycles. The predicted molar refractivity (Wildman–Crippen MR) is 67.9 cm³/mol. The van der Waals surface area contributed by atoms with Crippen LogP contribution in [0.15, 0.2) is 41.0 Å². The molecular formula is C11H8BrClN2O. The third-order valence-corrected chi connectivity index (χ3v) is 2.67. The maximum atomic E-state index is 6.01. The molecule has 1 aromatic heterocycles. The molecule has 1 heterocycles. The second kappa shape index (κ2) is 4.72. The van der Waals surface area contributed by atoms with E-state index in [1.54, 1.807) is 30.5 Å². The second-order valence-electron chi connectivity index (χ2n) is 3.10. The van der Waals surface area contributed by atoms with Gasteiger partial charge in [-0.25, -0.2) is 4.98 Å². The van der Waals surface area contributed by atoms with Crippen LogP contribution >= 0.6 is 27.5 Å². The molecule has 16 heavy (non-hydrogen) atoms. The van der Waals surface area contributed by atoms with E-state index in [0.717, 1.165) is 4.47 Å². The molecule has 0 amide bonds. The van der Waals surface area contributed by atoms with E-state index in [-0.39, 0.29) is 0 Å². The lowest BCUT2D eigenvalue weighted by atomic mass is 10.3. The van der Waals surface area contributed by atoms with Gasteiger partial charge in [-0.15, -0.1) is 0 Å². The topological polar surface area (TPSA) is 48.1 Å². The summed E-state index contributed by atoms with van der Waals surface area (Å²) in [6, 6.07) is 8.80. The van der Waals surface area contributed by atoms with Crippen LogP contribution in [0.5, 0.6) is 11.5 Å². The van der Waals surface area contributed by atoms with Crippen LogP contribution in [0.3, 0.4) is 0 Å². The molecule has 0 aliphatic rings. The van der Waals surface area contributed by atoms with E-state index >= 15 is 0 Å². The number of nitrogens with zero attached hydrogens (tertiary/aromatic N) is 1. The predicted octanol–water partition coefficient (Wildman–Crippen LogP) is 3.87. The molecule has 2 aromatic rings.